The zero-order chi connectivity index (χ0) is 22.5. The predicted octanol–water partition coefficient (Wildman–Crippen LogP) is 3.04. The van der Waals surface area contributed by atoms with E-state index in [-0.39, 0.29) is 22.5 Å². The van der Waals surface area contributed by atoms with Crippen LogP contribution in [0.3, 0.4) is 0 Å². The van der Waals surface area contributed by atoms with Crippen molar-refractivity contribution >= 4 is 29.3 Å². The lowest BCUT2D eigenvalue weighted by Gasteiger charge is -2.45. The van der Waals surface area contributed by atoms with Crippen LogP contribution in [0.2, 0.25) is 0 Å². The van der Waals surface area contributed by atoms with E-state index in [9.17, 15) is 19.5 Å². The summed E-state index contributed by atoms with van der Waals surface area (Å²) in [5, 5.41) is 11.0. The Balaban J connectivity index is 1.67. The number of aromatic amines is 1. The number of nitrogens with one attached hydrogen (secondary N) is 1. The van der Waals surface area contributed by atoms with Crippen molar-refractivity contribution in [2.24, 2.45) is 0 Å². The second-order valence-corrected chi connectivity index (χ2v) is 7.87. The van der Waals surface area contributed by atoms with Gasteiger partial charge < -0.3 is 19.7 Å². The molecule has 2 aromatic carbocycles. The third-order valence-electron chi connectivity index (χ3n) is 6.30. The van der Waals surface area contributed by atoms with Gasteiger partial charge >= 0.3 is 0 Å². The predicted molar refractivity (Wildman–Crippen MR) is 118 cm³/mol. The Morgan fingerprint density at radius 3 is 2.75 bits per heavy atom. The molecule has 0 fully saturated rings. The molecule has 1 atom stereocenters. The van der Waals surface area contributed by atoms with Crippen molar-refractivity contribution < 1.29 is 24.2 Å². The van der Waals surface area contributed by atoms with E-state index in [1.54, 1.807) is 30.3 Å². The Morgan fingerprint density at radius 2 is 2.03 bits per heavy atom. The number of Topliss-reactive ketones (excluding diaryl/α,β-unsaturated/α-hetero) is 1. The number of carbonyl (C=O) groups excluding carboxylic acids is 3. The molecule has 0 radical (unpaired) electrons. The number of hydrogen-bond donors (Lipinski definition) is 2. The summed E-state index contributed by atoms with van der Waals surface area (Å²) in [6.07, 6.45) is 5.02. The van der Waals surface area contributed by atoms with Crippen molar-refractivity contribution in [1.29, 1.82) is 0 Å². The minimum atomic E-state index is -1.36. The average Bonchev–Trinajstić information content (AvgIpc) is 3.21. The number of hydrogen-bond acceptors (Lipinski definition) is 6. The number of para-hydroxylation sites is 1. The third kappa shape index (κ3) is 2.64. The highest BCUT2D eigenvalue weighted by molar-refractivity contribution is 6.13. The van der Waals surface area contributed by atoms with Gasteiger partial charge in [-0.25, -0.2) is 0 Å². The van der Waals surface area contributed by atoms with Gasteiger partial charge in [0.2, 0.25) is 0 Å². The molecule has 7 heteroatoms. The van der Waals surface area contributed by atoms with E-state index in [2.05, 4.69) is 4.98 Å². The fraction of sp³-hybridized carbons (Fsp3) is 0.160. The molecule has 1 aromatic heterocycles. The first kappa shape index (κ1) is 19.8. The number of methoxy groups -OCH3 is 1. The van der Waals surface area contributed by atoms with Crippen LogP contribution in [0, 0.1) is 0 Å². The van der Waals surface area contributed by atoms with E-state index >= 15 is 0 Å². The Morgan fingerprint density at radius 1 is 1.22 bits per heavy atom. The number of aldehydes is 2. The van der Waals surface area contributed by atoms with Crippen LogP contribution in [0.25, 0.3) is 10.9 Å². The van der Waals surface area contributed by atoms with E-state index < -0.39 is 11.3 Å². The number of allylic oxidation sites excluding steroid dienone is 2. The molecule has 160 valence electrons. The Hall–Kier alpha value is -4.13. The summed E-state index contributed by atoms with van der Waals surface area (Å²) >= 11 is 0. The van der Waals surface area contributed by atoms with Crippen molar-refractivity contribution in [2.75, 3.05) is 13.7 Å². The lowest BCUT2D eigenvalue weighted by molar-refractivity contribution is -0.118. The molecule has 2 aliphatic heterocycles. The summed E-state index contributed by atoms with van der Waals surface area (Å²) in [6.45, 7) is 0.429. The molecule has 1 unspecified atom stereocenters. The van der Waals surface area contributed by atoms with Gasteiger partial charge in [0.25, 0.3) is 0 Å². The van der Waals surface area contributed by atoms with Gasteiger partial charge in [-0.15, -0.1) is 0 Å². The second kappa shape index (κ2) is 7.23. The molecule has 0 spiro atoms. The van der Waals surface area contributed by atoms with Crippen LogP contribution < -0.4 is 4.74 Å². The van der Waals surface area contributed by atoms with Crippen LogP contribution >= 0.6 is 0 Å². The highest BCUT2D eigenvalue weighted by Gasteiger charge is 2.49. The summed E-state index contributed by atoms with van der Waals surface area (Å²) in [5.74, 6) is 0.137. The van der Waals surface area contributed by atoms with Gasteiger partial charge in [0.1, 0.15) is 17.8 Å². The third-order valence-corrected chi connectivity index (χ3v) is 6.30. The number of phenols is 1. The number of nitrogens with zero attached hydrogens (tertiary/aromatic N) is 1. The molecule has 7 nitrogen and oxygen atoms in total. The van der Waals surface area contributed by atoms with Crippen LogP contribution in [0.5, 0.6) is 11.5 Å². The minimum Gasteiger partial charge on any atom is -0.507 e. The Labute approximate surface area is 183 Å². The van der Waals surface area contributed by atoms with Gasteiger partial charge in [-0.3, -0.25) is 14.4 Å². The highest BCUT2D eigenvalue weighted by atomic mass is 16.5. The maximum atomic E-state index is 13.1. The first-order chi connectivity index (χ1) is 15.5. The molecule has 5 rings (SSSR count). The molecular formula is C25H20N2O5. The largest absolute Gasteiger partial charge is 0.507 e. The molecule has 0 amide bonds. The lowest BCUT2D eigenvalue weighted by Crippen LogP contribution is -2.52. The number of rotatable bonds is 5. The van der Waals surface area contributed by atoms with Crippen LogP contribution in [-0.4, -0.2) is 47.0 Å². The van der Waals surface area contributed by atoms with Crippen LogP contribution in [0.1, 0.15) is 21.6 Å². The molecule has 2 aliphatic rings. The smallest absolute Gasteiger partial charge is 0.198 e. The van der Waals surface area contributed by atoms with Crippen LogP contribution in [0.15, 0.2) is 65.9 Å². The molecule has 0 aliphatic carbocycles. The number of H-pyrrole nitrogens is 1. The van der Waals surface area contributed by atoms with Crippen molar-refractivity contribution in [3.63, 3.8) is 0 Å². The fourth-order valence-electron chi connectivity index (χ4n) is 4.71. The summed E-state index contributed by atoms with van der Waals surface area (Å²) in [7, 11) is 1.59. The zero-order valence-electron chi connectivity index (χ0n) is 17.3. The number of aromatic hydroxyl groups is 1. The van der Waals surface area contributed by atoms with E-state index in [0.717, 1.165) is 22.8 Å². The molecule has 3 heterocycles. The van der Waals surface area contributed by atoms with E-state index in [4.69, 9.17) is 4.74 Å². The summed E-state index contributed by atoms with van der Waals surface area (Å²) in [6, 6.07) is 11.9. The minimum absolute atomic E-state index is 0.134. The van der Waals surface area contributed by atoms with Crippen LogP contribution in [0.4, 0.5) is 0 Å². The van der Waals surface area contributed by atoms with Gasteiger partial charge in [0, 0.05) is 34.8 Å². The maximum absolute atomic E-state index is 13.1. The quantitative estimate of drug-likeness (QED) is 0.479. The Kier molecular flexibility index (Phi) is 4.48. The summed E-state index contributed by atoms with van der Waals surface area (Å²) < 4.78 is 5.35. The van der Waals surface area contributed by atoms with Crippen molar-refractivity contribution in [3.8, 4) is 11.5 Å². The van der Waals surface area contributed by atoms with Gasteiger partial charge in [0.15, 0.2) is 17.6 Å². The monoisotopic (exact) mass is 428 g/mol. The number of aromatic nitrogens is 1. The van der Waals surface area contributed by atoms with E-state index in [0.29, 0.717) is 30.7 Å². The second-order valence-electron chi connectivity index (χ2n) is 7.87. The normalized spacial score (nSPS) is 19.5. The molecule has 0 bridgehead atoms. The topological polar surface area (TPSA) is 99.7 Å². The number of benzene rings is 2. The van der Waals surface area contributed by atoms with Crippen LogP contribution in [-0.2, 0) is 21.5 Å². The van der Waals surface area contributed by atoms with Crippen molar-refractivity contribution in [2.45, 2.75) is 12.0 Å². The number of ether oxygens (including phenoxy) is 1. The average molecular weight is 428 g/mol. The number of carbonyl (C=O) groups is 3. The van der Waals surface area contributed by atoms with Gasteiger partial charge in [-0.1, -0.05) is 12.1 Å². The lowest BCUT2D eigenvalue weighted by atomic mass is 9.77. The highest BCUT2D eigenvalue weighted by Crippen LogP contribution is 2.45. The summed E-state index contributed by atoms with van der Waals surface area (Å²) in [4.78, 5) is 42.9. The van der Waals surface area contributed by atoms with Gasteiger partial charge in [0.05, 0.1) is 18.4 Å². The fourth-order valence-corrected chi connectivity index (χ4v) is 4.71. The van der Waals surface area contributed by atoms with Crippen molar-refractivity contribution in [3.05, 3.63) is 82.7 Å². The number of fused-ring (bicyclic) bond motifs is 5. The molecule has 0 saturated heterocycles. The number of ketones is 1. The Bertz CT molecular complexity index is 1350. The zero-order valence-corrected chi connectivity index (χ0v) is 17.3. The molecule has 3 aromatic rings. The van der Waals surface area contributed by atoms with Gasteiger partial charge in [-0.05, 0) is 48.4 Å². The molecule has 32 heavy (non-hydrogen) atoms. The molecule has 0 saturated carbocycles. The van der Waals surface area contributed by atoms with Gasteiger partial charge in [-0.2, -0.15) is 0 Å². The standard InChI is InChI=1S/C25H20N2O5/c1-32-17-6-7-21-20(11-17)18-8-9-27-12-15(23(31)19-4-2-3-5-22(19)30)10-16(13-28)25(27,14-29)24(18)26-21/h2-7,10-14,26,30H,8-9H2,1H3. The first-order valence-electron chi connectivity index (χ1n) is 10.2. The van der Waals surface area contributed by atoms with Crippen molar-refractivity contribution in [1.82, 2.24) is 9.88 Å². The number of phenolic OH excluding ortho intramolecular Hbond substituents is 1. The molecule has 2 N–H and O–H groups in total. The van der Waals surface area contributed by atoms with E-state index in [1.165, 1.54) is 18.2 Å². The molecular weight excluding hydrogens is 408 g/mol. The van der Waals surface area contributed by atoms with E-state index in [1.807, 2.05) is 18.2 Å². The SMILES string of the molecule is COc1ccc2[nH]c3c(c2c1)CCN1C=C(C(=O)c2ccccc2O)C=C(C=O)C31C=O. The maximum Gasteiger partial charge on any atom is 0.198 e. The first-order valence-corrected chi connectivity index (χ1v) is 10.2. The summed E-state index contributed by atoms with van der Waals surface area (Å²) in [5.41, 5.74) is 1.56.